The fraction of sp³-hybridized carbons (Fsp3) is 0.0182. The number of hydrogen-bond acceptors (Lipinski definition) is 1. The van der Waals surface area contributed by atoms with Gasteiger partial charge in [-0.05, 0) is 80.2 Å². The van der Waals surface area contributed by atoms with E-state index in [4.69, 9.17) is 220 Å². The summed E-state index contributed by atoms with van der Waals surface area (Å²) < 4.78 is 1.79. The Labute approximate surface area is 533 Å². The van der Waals surface area contributed by atoms with Gasteiger partial charge in [0.25, 0.3) is 0 Å². The highest BCUT2D eigenvalue weighted by molar-refractivity contribution is 6.72. The second-order valence-electron chi connectivity index (χ2n) is 21.0. The first kappa shape index (κ1) is 61.1. The van der Waals surface area contributed by atoms with Crippen molar-refractivity contribution in [2.75, 3.05) is 4.90 Å². The van der Waals surface area contributed by atoms with Crippen LogP contribution < -0.4 is 158 Å². The van der Waals surface area contributed by atoms with E-state index in [-0.39, 0.29) is 209 Å². The van der Waals surface area contributed by atoms with E-state index in [1.54, 1.807) is 47.0 Å². The van der Waals surface area contributed by atoms with Gasteiger partial charge in [-0.2, -0.15) is 0 Å². The molecule has 1 aliphatic rings. The minimum Gasteiger partial charge on any atom is -0.313 e. The zero-order valence-electron chi connectivity index (χ0n) is 45.3. The molecular formula is C55H10B28N2. The summed E-state index contributed by atoms with van der Waals surface area (Å²) in [5.41, 5.74) is -1.98. The lowest BCUT2D eigenvalue weighted by molar-refractivity contribution is 0.789. The Balaban J connectivity index is 1.33. The van der Waals surface area contributed by atoms with Crippen molar-refractivity contribution >= 4 is 412 Å². The van der Waals surface area contributed by atoms with E-state index < -0.39 is 5.41 Å². The first-order valence-corrected chi connectivity index (χ1v) is 25.5. The highest BCUT2D eigenvalue weighted by atomic mass is 15.1. The molecule has 2 nitrogen and oxygen atoms in total. The number of nitrogens with zero attached hydrogens (tertiary/aromatic N) is 2. The third-order valence-electron chi connectivity index (χ3n) is 16.5. The van der Waals surface area contributed by atoms with Crippen molar-refractivity contribution in [1.82, 2.24) is 4.57 Å². The zero-order valence-corrected chi connectivity index (χ0v) is 45.3. The van der Waals surface area contributed by atoms with E-state index in [1.165, 1.54) is 23.1 Å². The maximum atomic E-state index is 7.47. The molecule has 0 aliphatic heterocycles. The molecule has 0 amide bonds. The van der Waals surface area contributed by atoms with Gasteiger partial charge in [0.05, 0.1) is 10.9 Å². The van der Waals surface area contributed by atoms with Crippen LogP contribution in [0.25, 0.3) is 49.7 Å². The Morgan fingerprint density at radius 2 is 0.765 bits per heavy atom. The minimum absolute atomic E-state index is 0.00485. The molecule has 30 heteroatoms. The quantitative estimate of drug-likeness (QED) is 0.144. The maximum Gasteiger partial charge on any atom is 0.117 e. The topological polar surface area (TPSA) is 8.17 Å². The van der Waals surface area contributed by atoms with Crippen LogP contribution in [0.4, 0.5) is 17.1 Å². The van der Waals surface area contributed by atoms with Crippen LogP contribution in [0, 0.1) is 0 Å². The van der Waals surface area contributed by atoms with Crippen LogP contribution >= 0.6 is 0 Å². The van der Waals surface area contributed by atoms with Crippen molar-refractivity contribution in [1.29, 1.82) is 0 Å². The third kappa shape index (κ3) is 8.55. The first-order valence-electron chi connectivity index (χ1n) is 25.5. The van der Waals surface area contributed by atoms with Crippen molar-refractivity contribution in [2.24, 2.45) is 0 Å². The SMILES string of the molecule is [B]c1ccc(-n2c3cc([B])c([B])cc3c3c([B])c([B])c(-c4cc([B])c([B])c(N(c5cc6c(c([B])c5[B])-c5c([B])c([B])c([B])c([B])c5C6(c5cc([B])c([B])c([B])c5)c5c([B])c([B])c([B])c([B])c5[B])c5c([B])c([B])c([B])c([B])c5[B])c4)c([B])c32)cc1[B]. The average molecular weight is 1000 g/mol. The van der Waals surface area contributed by atoms with Crippen LogP contribution in [0.5, 0.6) is 0 Å². The number of aromatic nitrogens is 1. The summed E-state index contributed by atoms with van der Waals surface area (Å²) >= 11 is 0. The van der Waals surface area contributed by atoms with E-state index in [9.17, 15) is 0 Å². The van der Waals surface area contributed by atoms with Crippen LogP contribution in [0.15, 0.2) is 60.7 Å². The van der Waals surface area contributed by atoms with Crippen molar-refractivity contribution in [3.63, 3.8) is 0 Å². The molecule has 10 aromatic rings. The molecule has 1 heterocycles. The Bertz CT molecular complexity index is 4640. The molecule has 0 fully saturated rings. The molecule has 1 atom stereocenters. The Kier molecular flexibility index (Phi) is 15.3. The first-order chi connectivity index (χ1) is 39.8. The van der Waals surface area contributed by atoms with Crippen LogP contribution in [-0.2, 0) is 5.41 Å². The molecule has 0 spiro atoms. The molecule has 0 saturated carbocycles. The van der Waals surface area contributed by atoms with Gasteiger partial charge in [-0.1, -0.05) is 85.0 Å². The summed E-state index contributed by atoms with van der Waals surface area (Å²) in [6.45, 7) is 0. The van der Waals surface area contributed by atoms with Crippen molar-refractivity contribution in [3.8, 4) is 27.9 Å². The normalized spacial score (nSPS) is 13.6. The lowest BCUT2D eigenvalue weighted by Gasteiger charge is -2.42. The lowest BCUT2D eigenvalue weighted by Crippen LogP contribution is -2.61. The summed E-state index contributed by atoms with van der Waals surface area (Å²) in [4.78, 5) is 1.40. The molecule has 1 aromatic heterocycles. The Morgan fingerprint density at radius 3 is 1.33 bits per heavy atom. The molecule has 9 aromatic carbocycles. The minimum atomic E-state index is -2.07. The fourth-order valence-electron chi connectivity index (χ4n) is 12.1. The van der Waals surface area contributed by atoms with Crippen LogP contribution in [0.2, 0.25) is 0 Å². The largest absolute Gasteiger partial charge is 0.313 e. The molecule has 56 radical (unpaired) electrons. The smallest absolute Gasteiger partial charge is 0.117 e. The summed E-state index contributed by atoms with van der Waals surface area (Å²) in [7, 11) is 192. The summed E-state index contributed by atoms with van der Waals surface area (Å²) in [6, 6.07) is 16.0. The Morgan fingerprint density at radius 1 is 0.306 bits per heavy atom. The maximum absolute atomic E-state index is 7.47. The molecule has 0 N–H and O–H groups in total. The number of anilines is 3. The monoisotopic (exact) mass is 1010 g/mol. The van der Waals surface area contributed by atoms with Gasteiger partial charge in [0.2, 0.25) is 0 Å². The molecule has 0 saturated heterocycles. The fourth-order valence-corrected chi connectivity index (χ4v) is 12.1. The van der Waals surface area contributed by atoms with Crippen LogP contribution in [0.1, 0.15) is 22.3 Å². The van der Waals surface area contributed by atoms with Gasteiger partial charge in [-0.15, -0.1) is 98.3 Å². The lowest BCUT2D eigenvalue weighted by atomic mass is 9.51. The molecule has 0 bridgehead atoms. The second kappa shape index (κ2) is 21.3. The number of benzene rings is 9. The van der Waals surface area contributed by atoms with Gasteiger partial charge >= 0.3 is 0 Å². The van der Waals surface area contributed by atoms with E-state index in [0.29, 0.717) is 33.0 Å². The van der Waals surface area contributed by atoms with Gasteiger partial charge in [-0.25, -0.2) is 0 Å². The molecular weight excluding hydrogens is 991 g/mol. The van der Waals surface area contributed by atoms with E-state index in [1.807, 2.05) is 0 Å². The van der Waals surface area contributed by atoms with E-state index >= 15 is 0 Å². The predicted octanol–water partition coefficient (Wildman–Crippen LogP) is -19.5. The highest BCUT2D eigenvalue weighted by Gasteiger charge is 2.51. The van der Waals surface area contributed by atoms with Crippen LogP contribution in [-0.4, -0.2) is 224 Å². The average Bonchev–Trinajstić information content (AvgIpc) is 1.55. The van der Waals surface area contributed by atoms with Gasteiger partial charge in [0.15, 0.2) is 0 Å². The summed E-state index contributed by atoms with van der Waals surface area (Å²) in [5, 5.41) is 0.960. The van der Waals surface area contributed by atoms with Crippen LogP contribution in [0.3, 0.4) is 0 Å². The van der Waals surface area contributed by atoms with Gasteiger partial charge in [0, 0.05) is 33.7 Å². The van der Waals surface area contributed by atoms with Gasteiger partial charge in [-0.3, -0.25) is 0 Å². The standard InChI is InChI=1S/C55H10B28N2/c56-16-2-1-13(7-17(16)57)84-23-10-19(59)18(58)8-14(23)27-36(67)35(66)26(39(70)53(27)84)11-3-20(60)33(64)24(4-11)85(54-51(82)49(80)48(79)50(81)52(54)83)25-9-15-28(37(68)34(25)65)29-30(40(71)44(75)43(74)38(29)69)55(15,12-5-21(61)32(63)22(62)6-12)31-41(72)45(76)47(78)46(77)42(31)73/h1-10H. The highest BCUT2D eigenvalue weighted by Crippen LogP contribution is 2.54. The second-order valence-corrected chi connectivity index (χ2v) is 21.0. The predicted molar refractivity (Wildman–Crippen MR) is 389 cm³/mol. The molecule has 11 rings (SSSR count). The van der Waals surface area contributed by atoms with Crippen molar-refractivity contribution in [3.05, 3.63) is 82.9 Å². The van der Waals surface area contributed by atoms with E-state index in [0.717, 1.165) is 0 Å². The number of fused-ring (bicyclic) bond motifs is 6. The molecule has 85 heavy (non-hydrogen) atoms. The van der Waals surface area contributed by atoms with Gasteiger partial charge in [0.1, 0.15) is 220 Å². The zero-order chi connectivity index (χ0) is 62.1. The third-order valence-corrected chi connectivity index (χ3v) is 16.5. The summed E-state index contributed by atoms with van der Waals surface area (Å²) in [6.07, 6.45) is 0. The van der Waals surface area contributed by atoms with Crippen molar-refractivity contribution < 1.29 is 0 Å². The van der Waals surface area contributed by atoms with E-state index in [2.05, 4.69) is 0 Å². The number of rotatable bonds is 7. The molecule has 324 valence electrons. The van der Waals surface area contributed by atoms with Gasteiger partial charge < -0.3 is 9.47 Å². The number of hydrogen-bond donors (Lipinski definition) is 0. The van der Waals surface area contributed by atoms with Crippen molar-refractivity contribution in [2.45, 2.75) is 5.41 Å². The molecule has 1 unspecified atom stereocenters. The Hall–Kier alpha value is -5.60. The summed E-state index contributed by atoms with van der Waals surface area (Å²) in [5.74, 6) is 0. The molecule has 1 aliphatic carbocycles.